The molecule has 1 rings (SSSR count). The largest absolute Gasteiger partial charge is 0.385 e. The van der Waals surface area contributed by atoms with Crippen LogP contribution in [0.15, 0.2) is 11.1 Å². The van der Waals surface area contributed by atoms with Crippen molar-refractivity contribution in [3.63, 3.8) is 0 Å². The van der Waals surface area contributed by atoms with Gasteiger partial charge in [-0.15, -0.1) is 0 Å². The number of hydrogen-bond acceptors (Lipinski definition) is 5. The summed E-state index contributed by atoms with van der Waals surface area (Å²) in [5.74, 6) is 0. The third kappa shape index (κ3) is 4.27. The fourth-order valence-electron chi connectivity index (χ4n) is 1.67. The highest BCUT2D eigenvalue weighted by Crippen LogP contribution is 2.17. The number of hydrogen-bond donors (Lipinski definition) is 1. The van der Waals surface area contributed by atoms with Crippen molar-refractivity contribution in [2.24, 2.45) is 0 Å². The van der Waals surface area contributed by atoms with Gasteiger partial charge in [0.25, 0.3) is 0 Å². The molecule has 1 N–H and O–H groups in total. The number of aromatic nitrogens is 2. The monoisotopic (exact) mass is 291 g/mol. The van der Waals surface area contributed by atoms with Crippen LogP contribution in [0.3, 0.4) is 0 Å². The number of rotatable bonds is 9. The molecule has 0 amide bonds. The van der Waals surface area contributed by atoms with Gasteiger partial charge in [-0.25, -0.2) is 8.42 Å². The van der Waals surface area contributed by atoms with E-state index in [0.717, 1.165) is 0 Å². The number of ether oxygens (including phenoxy) is 2. The molecule has 0 aliphatic rings. The molecule has 7 nitrogen and oxygen atoms in total. The molecule has 0 saturated carbocycles. The third-order valence-corrected chi connectivity index (χ3v) is 4.71. The Morgan fingerprint density at radius 1 is 1.26 bits per heavy atom. The SMILES string of the molecule is COCCCN(CCOC)S(=O)(=O)c1cn[nH]c1C. The van der Waals surface area contributed by atoms with Crippen LogP contribution in [-0.4, -0.2) is 63.4 Å². The highest BCUT2D eigenvalue weighted by atomic mass is 32.2. The van der Waals surface area contributed by atoms with E-state index < -0.39 is 10.0 Å². The Morgan fingerprint density at radius 3 is 2.47 bits per heavy atom. The Labute approximate surface area is 113 Å². The molecule has 0 radical (unpaired) electrons. The molecular weight excluding hydrogens is 270 g/mol. The first-order valence-electron chi connectivity index (χ1n) is 6.02. The number of aryl methyl sites for hydroxylation is 1. The number of H-pyrrole nitrogens is 1. The topological polar surface area (TPSA) is 84.5 Å². The van der Waals surface area contributed by atoms with Gasteiger partial charge >= 0.3 is 0 Å². The summed E-state index contributed by atoms with van der Waals surface area (Å²) in [6.07, 6.45) is 1.97. The van der Waals surface area contributed by atoms with E-state index in [1.165, 1.54) is 10.5 Å². The van der Waals surface area contributed by atoms with Gasteiger partial charge in [0.2, 0.25) is 10.0 Å². The van der Waals surface area contributed by atoms with E-state index in [1.54, 1.807) is 21.1 Å². The first-order chi connectivity index (χ1) is 9.04. The molecule has 0 bridgehead atoms. The van der Waals surface area contributed by atoms with Gasteiger partial charge in [-0.3, -0.25) is 5.10 Å². The second kappa shape index (κ2) is 7.59. The van der Waals surface area contributed by atoms with Crippen LogP contribution < -0.4 is 0 Å². The van der Waals surface area contributed by atoms with Crippen LogP contribution >= 0.6 is 0 Å². The van der Waals surface area contributed by atoms with Gasteiger partial charge in [-0.05, 0) is 13.3 Å². The quantitative estimate of drug-likeness (QED) is 0.665. The van der Waals surface area contributed by atoms with Crippen molar-refractivity contribution in [1.82, 2.24) is 14.5 Å². The average Bonchev–Trinajstić information content (AvgIpc) is 2.80. The Balaban J connectivity index is 2.85. The summed E-state index contributed by atoms with van der Waals surface area (Å²) in [5, 5.41) is 6.40. The number of nitrogens with zero attached hydrogens (tertiary/aromatic N) is 2. The van der Waals surface area contributed by atoms with Gasteiger partial charge in [0.1, 0.15) is 4.90 Å². The average molecular weight is 291 g/mol. The van der Waals surface area contributed by atoms with Gasteiger partial charge in [-0.2, -0.15) is 9.40 Å². The van der Waals surface area contributed by atoms with E-state index in [1.807, 2.05) is 0 Å². The van der Waals surface area contributed by atoms with Crippen LogP contribution in [0.2, 0.25) is 0 Å². The molecule has 0 saturated heterocycles. The second-order valence-electron chi connectivity index (χ2n) is 4.10. The second-order valence-corrected chi connectivity index (χ2v) is 6.01. The lowest BCUT2D eigenvalue weighted by atomic mass is 10.4. The zero-order chi connectivity index (χ0) is 14.3. The normalized spacial score (nSPS) is 12.2. The maximum absolute atomic E-state index is 12.5. The molecule has 0 aromatic carbocycles. The van der Waals surface area contributed by atoms with Crippen LogP contribution in [0.4, 0.5) is 0 Å². The lowest BCUT2D eigenvalue weighted by Crippen LogP contribution is -2.35. The minimum absolute atomic E-state index is 0.209. The van der Waals surface area contributed by atoms with Crippen molar-refractivity contribution in [1.29, 1.82) is 0 Å². The zero-order valence-corrected chi connectivity index (χ0v) is 12.4. The predicted molar refractivity (Wildman–Crippen MR) is 70.5 cm³/mol. The summed E-state index contributed by atoms with van der Waals surface area (Å²) >= 11 is 0. The van der Waals surface area contributed by atoms with Crippen molar-refractivity contribution in [2.45, 2.75) is 18.2 Å². The maximum atomic E-state index is 12.5. The lowest BCUT2D eigenvalue weighted by Gasteiger charge is -2.21. The van der Waals surface area contributed by atoms with E-state index in [0.29, 0.717) is 38.4 Å². The zero-order valence-electron chi connectivity index (χ0n) is 11.5. The van der Waals surface area contributed by atoms with Crippen LogP contribution in [-0.2, 0) is 19.5 Å². The number of aromatic amines is 1. The first kappa shape index (κ1) is 16.1. The molecule has 0 aliphatic heterocycles. The minimum atomic E-state index is -3.54. The fraction of sp³-hybridized carbons (Fsp3) is 0.727. The maximum Gasteiger partial charge on any atom is 0.246 e. The molecule has 1 heterocycles. The molecule has 0 atom stereocenters. The summed E-state index contributed by atoms with van der Waals surface area (Å²) in [6.45, 7) is 3.26. The van der Waals surface area contributed by atoms with E-state index in [9.17, 15) is 8.42 Å². The Kier molecular flexibility index (Phi) is 6.43. The van der Waals surface area contributed by atoms with E-state index in [-0.39, 0.29) is 4.90 Å². The third-order valence-electron chi connectivity index (χ3n) is 2.70. The summed E-state index contributed by atoms with van der Waals surface area (Å²) in [7, 11) is -0.401. The van der Waals surface area contributed by atoms with Gasteiger partial charge in [0.05, 0.1) is 18.5 Å². The summed E-state index contributed by atoms with van der Waals surface area (Å²) in [5.41, 5.74) is 0.536. The number of nitrogens with one attached hydrogen (secondary N) is 1. The number of methoxy groups -OCH3 is 2. The minimum Gasteiger partial charge on any atom is -0.385 e. The molecule has 1 aromatic heterocycles. The number of sulfonamides is 1. The molecule has 19 heavy (non-hydrogen) atoms. The van der Waals surface area contributed by atoms with E-state index in [4.69, 9.17) is 9.47 Å². The molecule has 0 fully saturated rings. The van der Waals surface area contributed by atoms with Crippen molar-refractivity contribution in [3.05, 3.63) is 11.9 Å². The van der Waals surface area contributed by atoms with Crippen LogP contribution in [0.25, 0.3) is 0 Å². The Hall–Kier alpha value is -0.960. The van der Waals surface area contributed by atoms with Gasteiger partial charge in [0, 0.05) is 33.9 Å². The highest BCUT2D eigenvalue weighted by Gasteiger charge is 2.26. The molecule has 0 unspecified atom stereocenters. The molecule has 110 valence electrons. The molecule has 1 aromatic rings. The van der Waals surface area contributed by atoms with Crippen LogP contribution in [0, 0.1) is 6.92 Å². The molecule has 0 spiro atoms. The lowest BCUT2D eigenvalue weighted by molar-refractivity contribution is 0.164. The van der Waals surface area contributed by atoms with Crippen molar-refractivity contribution < 1.29 is 17.9 Å². The summed E-state index contributed by atoms with van der Waals surface area (Å²) in [4.78, 5) is 0.209. The first-order valence-corrected chi connectivity index (χ1v) is 7.46. The van der Waals surface area contributed by atoms with E-state index in [2.05, 4.69) is 10.2 Å². The summed E-state index contributed by atoms with van der Waals surface area (Å²) < 4.78 is 36.3. The van der Waals surface area contributed by atoms with Crippen molar-refractivity contribution in [3.8, 4) is 0 Å². The van der Waals surface area contributed by atoms with Crippen LogP contribution in [0.5, 0.6) is 0 Å². The predicted octanol–water partition coefficient (Wildman–Crippen LogP) is 0.392. The highest BCUT2D eigenvalue weighted by molar-refractivity contribution is 7.89. The van der Waals surface area contributed by atoms with Crippen LogP contribution in [0.1, 0.15) is 12.1 Å². The molecular formula is C11H21N3O4S. The molecule has 8 heteroatoms. The smallest absolute Gasteiger partial charge is 0.246 e. The van der Waals surface area contributed by atoms with Gasteiger partial charge in [-0.1, -0.05) is 0 Å². The Bertz CT molecular complexity index is 472. The van der Waals surface area contributed by atoms with Gasteiger partial charge in [0.15, 0.2) is 0 Å². The van der Waals surface area contributed by atoms with Gasteiger partial charge < -0.3 is 9.47 Å². The van der Waals surface area contributed by atoms with Crippen molar-refractivity contribution >= 4 is 10.0 Å². The molecule has 0 aliphatic carbocycles. The standard InChI is InChI=1S/C11H21N3O4S/c1-10-11(9-12-13-10)19(15,16)14(6-8-18-3)5-4-7-17-2/h9H,4-8H2,1-3H3,(H,12,13). The fourth-order valence-corrected chi connectivity index (χ4v) is 3.25. The van der Waals surface area contributed by atoms with E-state index >= 15 is 0 Å². The Morgan fingerprint density at radius 2 is 1.95 bits per heavy atom. The van der Waals surface area contributed by atoms with Crippen molar-refractivity contribution in [2.75, 3.05) is 40.5 Å². The summed E-state index contributed by atoms with van der Waals surface area (Å²) in [6, 6.07) is 0.